The Morgan fingerprint density at radius 2 is 1.68 bits per heavy atom. The fraction of sp³-hybridized carbons (Fsp3) is 0.222. The lowest BCUT2D eigenvalue weighted by molar-refractivity contribution is -0.134. The fourth-order valence-electron chi connectivity index (χ4n) is 2.18. The molecule has 0 bridgehead atoms. The van der Waals surface area contributed by atoms with Crippen molar-refractivity contribution < 1.29 is 9.59 Å². The first-order valence-corrected chi connectivity index (χ1v) is 7.27. The molecule has 22 heavy (non-hydrogen) atoms. The standard InChI is InChI=1S/C18H20N2O2/c1-4-20(16-7-5-6-14(3)12-16)18(22)17(21)19-15-10-8-13(2)9-11-15/h5-12H,4H2,1-3H3,(H,19,21). The summed E-state index contributed by atoms with van der Waals surface area (Å²) in [7, 11) is 0. The van der Waals surface area contributed by atoms with Crippen LogP contribution in [0, 0.1) is 13.8 Å². The number of carbonyl (C=O) groups is 2. The second-order valence-corrected chi connectivity index (χ2v) is 5.21. The van der Waals surface area contributed by atoms with E-state index >= 15 is 0 Å². The summed E-state index contributed by atoms with van der Waals surface area (Å²) in [6.45, 7) is 6.20. The third-order valence-corrected chi connectivity index (χ3v) is 3.38. The molecule has 2 rings (SSSR count). The monoisotopic (exact) mass is 296 g/mol. The average molecular weight is 296 g/mol. The van der Waals surface area contributed by atoms with Gasteiger partial charge in [0.1, 0.15) is 0 Å². The van der Waals surface area contributed by atoms with Gasteiger partial charge >= 0.3 is 11.8 Å². The molecule has 0 saturated carbocycles. The molecule has 0 aromatic heterocycles. The van der Waals surface area contributed by atoms with E-state index in [0.29, 0.717) is 12.2 Å². The SMILES string of the molecule is CCN(C(=O)C(=O)Nc1ccc(C)cc1)c1cccc(C)c1. The molecular formula is C18H20N2O2. The minimum Gasteiger partial charge on any atom is -0.318 e. The van der Waals surface area contributed by atoms with Crippen molar-refractivity contribution in [2.75, 3.05) is 16.8 Å². The third kappa shape index (κ3) is 3.73. The number of nitrogens with zero attached hydrogens (tertiary/aromatic N) is 1. The predicted molar refractivity (Wildman–Crippen MR) is 89.0 cm³/mol. The number of hydrogen-bond acceptors (Lipinski definition) is 2. The Labute approximate surface area is 130 Å². The summed E-state index contributed by atoms with van der Waals surface area (Å²) in [6.07, 6.45) is 0. The lowest BCUT2D eigenvalue weighted by Gasteiger charge is -2.20. The molecule has 2 aromatic rings. The lowest BCUT2D eigenvalue weighted by Crippen LogP contribution is -2.39. The van der Waals surface area contributed by atoms with Gasteiger partial charge in [-0.05, 0) is 50.6 Å². The highest BCUT2D eigenvalue weighted by Gasteiger charge is 2.22. The van der Waals surface area contributed by atoms with E-state index in [1.165, 1.54) is 4.90 Å². The van der Waals surface area contributed by atoms with Crippen molar-refractivity contribution in [3.8, 4) is 0 Å². The smallest absolute Gasteiger partial charge is 0.316 e. The number of benzene rings is 2. The van der Waals surface area contributed by atoms with E-state index < -0.39 is 11.8 Å². The average Bonchev–Trinajstić information content (AvgIpc) is 2.50. The van der Waals surface area contributed by atoms with Crippen LogP contribution in [-0.2, 0) is 9.59 Å². The molecule has 4 nitrogen and oxygen atoms in total. The Kier molecular flexibility index (Phi) is 4.94. The van der Waals surface area contributed by atoms with Crippen LogP contribution in [0.25, 0.3) is 0 Å². The normalized spacial score (nSPS) is 10.1. The van der Waals surface area contributed by atoms with E-state index in [9.17, 15) is 9.59 Å². The molecular weight excluding hydrogens is 276 g/mol. The summed E-state index contributed by atoms with van der Waals surface area (Å²) in [5, 5.41) is 2.64. The quantitative estimate of drug-likeness (QED) is 0.884. The maximum absolute atomic E-state index is 12.4. The van der Waals surface area contributed by atoms with Crippen molar-refractivity contribution in [2.24, 2.45) is 0 Å². The van der Waals surface area contributed by atoms with Gasteiger partial charge in [-0.15, -0.1) is 0 Å². The number of nitrogens with one attached hydrogen (secondary N) is 1. The molecule has 0 atom stereocenters. The number of aryl methyl sites for hydroxylation is 2. The van der Waals surface area contributed by atoms with Crippen molar-refractivity contribution in [3.63, 3.8) is 0 Å². The summed E-state index contributed by atoms with van der Waals surface area (Å²) in [5.74, 6) is -1.19. The molecule has 114 valence electrons. The number of anilines is 2. The van der Waals surface area contributed by atoms with Crippen LogP contribution in [0.2, 0.25) is 0 Å². The molecule has 2 amide bonds. The number of amides is 2. The van der Waals surface area contributed by atoms with E-state index in [-0.39, 0.29) is 0 Å². The minimum absolute atomic E-state index is 0.434. The predicted octanol–water partition coefficient (Wildman–Crippen LogP) is 3.30. The molecule has 0 fully saturated rings. The maximum atomic E-state index is 12.4. The van der Waals surface area contributed by atoms with Crippen LogP contribution >= 0.6 is 0 Å². The van der Waals surface area contributed by atoms with Crippen molar-refractivity contribution in [1.29, 1.82) is 0 Å². The second-order valence-electron chi connectivity index (χ2n) is 5.21. The van der Waals surface area contributed by atoms with Crippen molar-refractivity contribution >= 4 is 23.2 Å². The fourth-order valence-corrected chi connectivity index (χ4v) is 2.18. The zero-order chi connectivity index (χ0) is 16.1. The highest BCUT2D eigenvalue weighted by molar-refractivity contribution is 6.44. The Morgan fingerprint density at radius 1 is 1.00 bits per heavy atom. The first-order chi connectivity index (χ1) is 10.5. The minimum atomic E-state index is -0.632. The molecule has 0 aliphatic carbocycles. The van der Waals surface area contributed by atoms with E-state index in [4.69, 9.17) is 0 Å². The van der Waals surface area contributed by atoms with E-state index in [0.717, 1.165) is 16.8 Å². The lowest BCUT2D eigenvalue weighted by atomic mass is 10.2. The van der Waals surface area contributed by atoms with E-state index in [1.54, 1.807) is 12.1 Å². The molecule has 0 aliphatic heterocycles. The Bertz CT molecular complexity index is 678. The highest BCUT2D eigenvalue weighted by Crippen LogP contribution is 2.16. The first-order valence-electron chi connectivity index (χ1n) is 7.27. The molecule has 0 saturated heterocycles. The number of likely N-dealkylation sites (N-methyl/N-ethyl adjacent to an activating group) is 1. The Hall–Kier alpha value is -2.62. The topological polar surface area (TPSA) is 49.4 Å². The van der Waals surface area contributed by atoms with Crippen LogP contribution in [0.5, 0.6) is 0 Å². The van der Waals surface area contributed by atoms with Crippen LogP contribution < -0.4 is 10.2 Å². The molecule has 2 aromatic carbocycles. The van der Waals surface area contributed by atoms with Gasteiger partial charge in [-0.2, -0.15) is 0 Å². The number of hydrogen-bond donors (Lipinski definition) is 1. The van der Waals surface area contributed by atoms with Crippen LogP contribution in [-0.4, -0.2) is 18.4 Å². The van der Waals surface area contributed by atoms with Gasteiger partial charge < -0.3 is 10.2 Å². The van der Waals surface area contributed by atoms with Crippen molar-refractivity contribution in [3.05, 3.63) is 59.7 Å². The van der Waals surface area contributed by atoms with Crippen molar-refractivity contribution in [2.45, 2.75) is 20.8 Å². The van der Waals surface area contributed by atoms with Gasteiger partial charge in [0.15, 0.2) is 0 Å². The summed E-state index contributed by atoms with van der Waals surface area (Å²) in [5.41, 5.74) is 3.48. The second kappa shape index (κ2) is 6.89. The van der Waals surface area contributed by atoms with Gasteiger partial charge in [0, 0.05) is 17.9 Å². The molecule has 1 N–H and O–H groups in total. The van der Waals surface area contributed by atoms with Gasteiger partial charge in [0.2, 0.25) is 0 Å². The summed E-state index contributed by atoms with van der Waals surface area (Å²) >= 11 is 0. The Morgan fingerprint density at radius 3 is 2.27 bits per heavy atom. The van der Waals surface area contributed by atoms with Gasteiger partial charge in [0.25, 0.3) is 0 Å². The largest absolute Gasteiger partial charge is 0.318 e. The maximum Gasteiger partial charge on any atom is 0.316 e. The molecule has 0 radical (unpaired) electrons. The highest BCUT2D eigenvalue weighted by atomic mass is 16.2. The summed E-state index contributed by atoms with van der Waals surface area (Å²) in [4.78, 5) is 26.0. The van der Waals surface area contributed by atoms with E-state index in [2.05, 4.69) is 5.32 Å². The van der Waals surface area contributed by atoms with Crippen molar-refractivity contribution in [1.82, 2.24) is 0 Å². The van der Waals surface area contributed by atoms with Crippen LogP contribution in [0.4, 0.5) is 11.4 Å². The third-order valence-electron chi connectivity index (χ3n) is 3.38. The van der Waals surface area contributed by atoms with Gasteiger partial charge in [-0.3, -0.25) is 9.59 Å². The zero-order valence-electron chi connectivity index (χ0n) is 13.1. The molecule has 0 spiro atoms. The molecule has 4 heteroatoms. The molecule has 0 unspecified atom stereocenters. The zero-order valence-corrected chi connectivity index (χ0v) is 13.1. The number of rotatable bonds is 3. The van der Waals surface area contributed by atoms with Crippen LogP contribution in [0.1, 0.15) is 18.1 Å². The summed E-state index contributed by atoms with van der Waals surface area (Å²) in [6, 6.07) is 14.9. The molecule has 0 heterocycles. The molecule has 0 aliphatic rings. The first kappa shape index (κ1) is 15.8. The summed E-state index contributed by atoms with van der Waals surface area (Å²) < 4.78 is 0. The Balaban J connectivity index is 2.14. The van der Waals surface area contributed by atoms with Crippen LogP contribution in [0.3, 0.4) is 0 Å². The number of carbonyl (C=O) groups excluding carboxylic acids is 2. The van der Waals surface area contributed by atoms with Crippen LogP contribution in [0.15, 0.2) is 48.5 Å². The van der Waals surface area contributed by atoms with Gasteiger partial charge in [-0.1, -0.05) is 29.8 Å². The van der Waals surface area contributed by atoms with E-state index in [1.807, 2.05) is 57.2 Å². The van der Waals surface area contributed by atoms with Gasteiger partial charge in [-0.25, -0.2) is 0 Å². The van der Waals surface area contributed by atoms with Gasteiger partial charge in [0.05, 0.1) is 0 Å².